The number of rotatable bonds is 7. The molecule has 0 radical (unpaired) electrons. The Morgan fingerprint density at radius 2 is 1.61 bits per heavy atom. The van der Waals surface area contributed by atoms with Crippen molar-refractivity contribution in [1.82, 2.24) is 40.1 Å². The van der Waals surface area contributed by atoms with Gasteiger partial charge in [-0.15, -0.1) is 12.3 Å². The lowest BCUT2D eigenvalue weighted by atomic mass is 9.92. The summed E-state index contributed by atoms with van der Waals surface area (Å²) in [5.74, 6) is -12.3. The zero-order valence-electron chi connectivity index (χ0n) is 56.6. The summed E-state index contributed by atoms with van der Waals surface area (Å²) in [7, 11) is 0. The van der Waals surface area contributed by atoms with Gasteiger partial charge in [0, 0.05) is 84.8 Å². The Balaban J connectivity index is 0.000000479. The first-order valence-corrected chi connectivity index (χ1v) is 13.5. The van der Waals surface area contributed by atoms with E-state index in [1.165, 1.54) is 18.5 Å². The van der Waals surface area contributed by atoms with Crippen LogP contribution < -0.4 is 15.1 Å². The molecule has 2 aliphatic rings. The van der Waals surface area contributed by atoms with Gasteiger partial charge in [0.05, 0.1) is 28.9 Å². The predicted molar refractivity (Wildman–Crippen MR) is 203 cm³/mol. The minimum absolute atomic E-state index is 0. The molecule has 3 N–H and O–H groups in total. The Bertz CT molecular complexity index is 3040. The summed E-state index contributed by atoms with van der Waals surface area (Å²) in [4.78, 5) is 47.5. The molecule has 1 amide bonds. The first-order chi connectivity index (χ1) is 36.3. The number of nitrogens with zero attached hydrogens (tertiary/aromatic N) is 9. The van der Waals surface area contributed by atoms with Gasteiger partial charge in [0.15, 0.2) is 0 Å². The molecule has 0 aromatic carbocycles. The van der Waals surface area contributed by atoms with Crippen LogP contribution in [0.2, 0.25) is 0 Å². The highest BCUT2D eigenvalue weighted by Gasteiger charge is 2.33. The molecule has 16 heteroatoms. The van der Waals surface area contributed by atoms with Gasteiger partial charge in [0.25, 0.3) is 6.54 Å². The van der Waals surface area contributed by atoms with E-state index in [4.69, 9.17) is 54.1 Å². The molecule has 51 heavy (non-hydrogen) atoms. The molecule has 276 valence electrons. The fourth-order valence-electron chi connectivity index (χ4n) is 3.72. The molecule has 4 aromatic heterocycles. The number of H-pyrrole nitrogens is 2. The number of nitrogens with one attached hydrogen (secondary N) is 3. The number of hydrogen-bond donors (Lipinski definition) is 3. The zero-order chi connectivity index (χ0) is 63.5. The third-order valence-corrected chi connectivity index (χ3v) is 5.83. The number of anilines is 2. The Morgan fingerprint density at radius 3 is 2.16 bits per heavy atom. The van der Waals surface area contributed by atoms with Crippen LogP contribution in [0.3, 0.4) is 0 Å². The maximum Gasteiger partial charge on any atom is 0.387 e. The molecule has 0 spiro atoms. The quantitative estimate of drug-likeness (QED) is 0.182. The summed E-state index contributed by atoms with van der Waals surface area (Å²) in [5.41, 5.74) is -0.326. The number of likely N-dealkylation sites (N-methyl/N-ethyl adjacent to an activating group) is 2. The number of fused-ring (bicyclic) bond motifs is 2. The molecule has 0 aliphatic carbocycles. The molecular formula is C35H51ClN12O3. The van der Waals surface area contributed by atoms with Crippen LogP contribution >= 0.6 is 12.3 Å². The van der Waals surface area contributed by atoms with Crippen molar-refractivity contribution in [3.63, 3.8) is 0 Å². The highest BCUT2D eigenvalue weighted by Crippen LogP contribution is 2.29. The van der Waals surface area contributed by atoms with Gasteiger partial charge in [0.2, 0.25) is 0 Å². The van der Waals surface area contributed by atoms with Crippen LogP contribution in [0.5, 0.6) is 0 Å². The number of aromatic nitrogens is 6. The van der Waals surface area contributed by atoms with Crippen molar-refractivity contribution in [2.45, 2.75) is 52.8 Å². The number of hydrogen-bond acceptors (Lipinski definition) is 10. The molecule has 2 aliphatic heterocycles. The second-order valence-corrected chi connectivity index (χ2v) is 8.91. The molecule has 2 saturated heterocycles. The van der Waals surface area contributed by atoms with E-state index in [-0.39, 0.29) is 45.8 Å². The topological polar surface area (TPSA) is 157 Å². The molecular weight excluding hydrogens is 672 g/mol. The van der Waals surface area contributed by atoms with E-state index in [9.17, 15) is 11.0 Å². The Hall–Kier alpha value is -4.99. The van der Waals surface area contributed by atoms with Gasteiger partial charge >= 0.3 is 18.4 Å². The minimum atomic E-state index is -4.29. The first kappa shape index (κ1) is 15.3. The van der Waals surface area contributed by atoms with Gasteiger partial charge in [-0.05, 0) is 50.1 Å². The van der Waals surface area contributed by atoms with Crippen LogP contribution in [0.1, 0.15) is 81.9 Å². The smallest absolute Gasteiger partial charge is 0.387 e. The molecule has 0 unspecified atom stereocenters. The molecule has 6 rings (SSSR count). The van der Waals surface area contributed by atoms with Gasteiger partial charge in [-0.2, -0.15) is 0 Å². The number of piperidine rings is 2. The standard InChI is InChI=1S/C16H20N6O.C13H19N5.C5H7NO2.CH4.ClH/c1-11-5-7-22(14(23)8-17-2)9-13(11)21(3)16-12-4-6-18-15(12)19-10-20-16;1-9-3-5-14-7-11(9)18(2)13-10-4-6-15-12(10)16-8-17-13;1-3-8-5(7)4-6-2;;/h4,6,10-11,13H,5,7-9H2,1,3H3,(H,18,19,20);4,6,8-9,11,14H,3,5,7H2,1-2H3,(H,15,16,17);3-4H2,1H3;1H4;1H/t11-,13+;9-,11+;;;/m11.../s1/i1D3,3D3,5D2,7D2,9D2,10D,11D,13D;1D3,2D3,3D2,5D2,7D2,8D,9D,11D;;;/hD. The van der Waals surface area contributed by atoms with Crippen molar-refractivity contribution >= 4 is 57.9 Å². The third kappa shape index (κ3) is 10.7. The molecule has 4 aromatic rings. The molecule has 0 bridgehead atoms. The van der Waals surface area contributed by atoms with Crippen molar-refractivity contribution in [3.05, 3.63) is 60.0 Å². The molecule has 15 nitrogen and oxygen atoms in total. The molecule has 6 heterocycles. The van der Waals surface area contributed by atoms with E-state index in [1.807, 2.05) is 0 Å². The normalized spacial score (nSPS) is 40.8. The Morgan fingerprint density at radius 1 is 1.02 bits per heavy atom. The lowest BCUT2D eigenvalue weighted by molar-refractivity contribution is -0.140. The van der Waals surface area contributed by atoms with Crippen molar-refractivity contribution in [2.75, 3.05) is 69.4 Å². The Kier molecular flexibility index (Phi) is 6.20. The molecule has 0 saturated carbocycles. The van der Waals surface area contributed by atoms with Gasteiger partial charge in [-0.1, -0.05) is 21.1 Å². The van der Waals surface area contributed by atoms with Gasteiger partial charge in [-0.3, -0.25) is 4.79 Å². The number of aromatic amines is 2. The number of carbonyl (C=O) groups is 2. The highest BCUT2D eigenvalue weighted by atomic mass is 35.5. The SMILES string of the molecule is C.[2H]Cl.[2H]c1nc(N(C([2H])([2H])[2H])[C@@]2([2H])C([2H])([2H])N(C(=O)C[N+]#[C-])C([2H])([2H])C([2H])([2H])[C@@]2([2H])C([2H])([2H])[2H])c2cc[nH]c2n1.[2H]c1nc(N(C([2H])([2H])[2H])[C@@]2([2H])C([2H])([2H])NC([2H])([2H])C([2H])([2H])[C@@]2([2H])C([2H])([2H])[2H])c2cc[nH]c2n1.[C-]#[N+]CC(=O)OCC. The lowest BCUT2D eigenvalue weighted by Gasteiger charge is -2.41. The minimum Gasteiger partial charge on any atom is -0.460 e. The second kappa shape index (κ2) is 20.6. The third-order valence-electron chi connectivity index (χ3n) is 5.83. The van der Waals surface area contributed by atoms with E-state index in [0.717, 1.165) is 6.07 Å². The zero-order valence-corrected chi connectivity index (χ0v) is 26.3. The van der Waals surface area contributed by atoms with Gasteiger partial charge < -0.3 is 44.4 Å². The van der Waals surface area contributed by atoms with Crippen molar-refractivity contribution in [1.29, 1.82) is 1.17 Å². The molecule has 4 atom stereocenters. The second-order valence-electron chi connectivity index (χ2n) is 8.91. The monoisotopic (exact) mass is 754 g/mol. The van der Waals surface area contributed by atoms with E-state index < -0.39 is 138 Å². The summed E-state index contributed by atoms with van der Waals surface area (Å²) in [6.07, 6.45) is -7.21. The maximum absolute atomic E-state index is 12.9. The average Bonchev–Trinajstić information content (AvgIpc) is 3.97. The first-order valence-electron chi connectivity index (χ1n) is 28.9. The number of amides is 1. The van der Waals surface area contributed by atoms with Crippen LogP contribution in [0.25, 0.3) is 31.8 Å². The van der Waals surface area contributed by atoms with Crippen molar-refractivity contribution < 1.29 is 55.4 Å². The van der Waals surface area contributed by atoms with E-state index >= 15 is 0 Å². The largest absolute Gasteiger partial charge is 0.460 e. The highest BCUT2D eigenvalue weighted by molar-refractivity contribution is 5.88. The average molecular weight is 755 g/mol. The Labute approximate surface area is 349 Å². The van der Waals surface area contributed by atoms with Crippen molar-refractivity contribution in [3.8, 4) is 0 Å². The summed E-state index contributed by atoms with van der Waals surface area (Å²) in [6.45, 7) is -16.9. The number of halogens is 1. The molecule has 2 fully saturated rings. The van der Waals surface area contributed by atoms with Crippen molar-refractivity contribution in [2.24, 2.45) is 11.8 Å². The number of esters is 1. The van der Waals surface area contributed by atoms with E-state index in [1.54, 1.807) is 12.2 Å². The maximum atomic E-state index is 12.9. The van der Waals surface area contributed by atoms with Crippen LogP contribution in [0.4, 0.5) is 11.6 Å². The van der Waals surface area contributed by atoms with Crippen LogP contribution in [0, 0.1) is 24.9 Å². The number of likely N-dealkylation sites (tertiary alicyclic amines) is 1. The fourth-order valence-corrected chi connectivity index (χ4v) is 3.72. The number of carbonyl (C=O) groups excluding carboxylic acids is 2. The summed E-state index contributed by atoms with van der Waals surface area (Å²) in [5, 5.41) is 1.10. The summed E-state index contributed by atoms with van der Waals surface area (Å²) in [6, 6.07) is -5.76. The van der Waals surface area contributed by atoms with Crippen LogP contribution in [-0.4, -0.2) is 120 Å². The van der Waals surface area contributed by atoms with E-state index in [0.29, 0.717) is 6.61 Å². The van der Waals surface area contributed by atoms with Gasteiger partial charge in [-0.25, -0.2) is 37.9 Å². The van der Waals surface area contributed by atoms with Gasteiger partial charge in [0.1, 0.15) is 39.5 Å². The lowest BCUT2D eigenvalue weighted by Crippen LogP contribution is -2.53. The summed E-state index contributed by atoms with van der Waals surface area (Å²) >= 11 is 3.89. The number of ether oxygens (including phenoxy) is 1. The van der Waals surface area contributed by atoms with Crippen LogP contribution in [0.15, 0.2) is 37.1 Å². The van der Waals surface area contributed by atoms with E-state index in [2.05, 4.69) is 56.7 Å². The van der Waals surface area contributed by atoms with Crippen LogP contribution in [-0.2, 0) is 14.3 Å². The predicted octanol–water partition coefficient (Wildman–Crippen LogP) is 4.47. The fraction of sp³-hybridized carbons (Fsp3) is 0.543. The summed E-state index contributed by atoms with van der Waals surface area (Å²) < 4.78 is 257.